The molecule has 0 spiro atoms. The summed E-state index contributed by atoms with van der Waals surface area (Å²) in [5.41, 5.74) is -0.00766. The zero-order chi connectivity index (χ0) is 14.9. The SMILES string of the molecule is Cc1cc(Br)cc([N+](=O)[O-])c1Oc1nc[nH]c(=O)c1I. The van der Waals surface area contributed by atoms with Crippen LogP contribution in [0.2, 0.25) is 0 Å². The highest BCUT2D eigenvalue weighted by molar-refractivity contribution is 14.1. The maximum absolute atomic E-state index is 11.5. The molecule has 1 aromatic carbocycles. The van der Waals surface area contributed by atoms with E-state index in [1.807, 2.05) is 0 Å². The van der Waals surface area contributed by atoms with Gasteiger partial charge in [-0.1, -0.05) is 15.9 Å². The largest absolute Gasteiger partial charge is 0.430 e. The van der Waals surface area contributed by atoms with Gasteiger partial charge in [-0.15, -0.1) is 0 Å². The molecule has 9 heteroatoms. The third-order valence-electron chi connectivity index (χ3n) is 2.38. The Labute approximate surface area is 134 Å². The van der Waals surface area contributed by atoms with E-state index in [-0.39, 0.29) is 26.4 Å². The van der Waals surface area contributed by atoms with Gasteiger partial charge in [-0.3, -0.25) is 14.9 Å². The van der Waals surface area contributed by atoms with Gasteiger partial charge in [-0.2, -0.15) is 0 Å². The van der Waals surface area contributed by atoms with Crippen LogP contribution in [0.5, 0.6) is 11.6 Å². The number of aromatic amines is 1. The van der Waals surface area contributed by atoms with Crippen molar-refractivity contribution in [3.05, 3.63) is 52.5 Å². The topological polar surface area (TPSA) is 98.1 Å². The summed E-state index contributed by atoms with van der Waals surface area (Å²) in [7, 11) is 0. The van der Waals surface area contributed by atoms with Gasteiger partial charge in [0.2, 0.25) is 11.6 Å². The van der Waals surface area contributed by atoms with Crippen molar-refractivity contribution in [1.29, 1.82) is 0 Å². The summed E-state index contributed by atoms with van der Waals surface area (Å²) in [6.45, 7) is 1.67. The molecule has 7 nitrogen and oxygen atoms in total. The molecule has 0 amide bonds. The highest BCUT2D eigenvalue weighted by atomic mass is 127. The van der Waals surface area contributed by atoms with Crippen LogP contribution < -0.4 is 10.3 Å². The van der Waals surface area contributed by atoms with Crippen LogP contribution in [0.1, 0.15) is 5.56 Å². The summed E-state index contributed by atoms with van der Waals surface area (Å²) in [6.07, 6.45) is 1.18. The van der Waals surface area contributed by atoms with Crippen molar-refractivity contribution < 1.29 is 9.66 Å². The molecule has 0 aliphatic carbocycles. The monoisotopic (exact) mass is 451 g/mol. The lowest BCUT2D eigenvalue weighted by molar-refractivity contribution is -0.385. The molecule has 0 saturated heterocycles. The van der Waals surface area contributed by atoms with Crippen molar-refractivity contribution in [3.63, 3.8) is 0 Å². The van der Waals surface area contributed by atoms with Crippen molar-refractivity contribution in [2.24, 2.45) is 0 Å². The van der Waals surface area contributed by atoms with Crippen molar-refractivity contribution >= 4 is 44.2 Å². The number of aromatic nitrogens is 2. The van der Waals surface area contributed by atoms with Crippen molar-refractivity contribution in [2.45, 2.75) is 6.92 Å². The van der Waals surface area contributed by atoms with Crippen LogP contribution >= 0.6 is 38.5 Å². The van der Waals surface area contributed by atoms with Gasteiger partial charge in [0.05, 0.1) is 11.3 Å². The van der Waals surface area contributed by atoms with Crippen LogP contribution in [0.4, 0.5) is 5.69 Å². The Morgan fingerprint density at radius 2 is 2.20 bits per heavy atom. The normalized spacial score (nSPS) is 10.3. The first-order chi connectivity index (χ1) is 9.40. The molecule has 0 atom stereocenters. The van der Waals surface area contributed by atoms with E-state index in [0.717, 1.165) is 0 Å². The average Bonchev–Trinajstić information content (AvgIpc) is 2.37. The number of hydrogen-bond donors (Lipinski definition) is 1. The van der Waals surface area contributed by atoms with Crippen molar-refractivity contribution in [1.82, 2.24) is 9.97 Å². The van der Waals surface area contributed by atoms with E-state index in [0.29, 0.717) is 10.0 Å². The number of benzene rings is 1. The number of ether oxygens (including phenoxy) is 1. The molecule has 1 N–H and O–H groups in total. The first-order valence-corrected chi connectivity index (χ1v) is 7.13. The number of rotatable bonds is 3. The van der Waals surface area contributed by atoms with Crippen LogP contribution in [0.3, 0.4) is 0 Å². The minimum absolute atomic E-state index is 0.0304. The van der Waals surface area contributed by atoms with Gasteiger partial charge in [0.1, 0.15) is 3.57 Å². The summed E-state index contributed by atoms with van der Waals surface area (Å²) in [5.74, 6) is 0.0945. The van der Waals surface area contributed by atoms with Gasteiger partial charge in [-0.25, -0.2) is 4.98 Å². The maximum Gasteiger partial charge on any atom is 0.313 e. The van der Waals surface area contributed by atoms with Crippen LogP contribution in [0.15, 0.2) is 27.7 Å². The Hall–Kier alpha value is -1.49. The van der Waals surface area contributed by atoms with Crippen LogP contribution in [0.25, 0.3) is 0 Å². The third-order valence-corrected chi connectivity index (χ3v) is 3.79. The van der Waals surface area contributed by atoms with Crippen LogP contribution in [0, 0.1) is 20.6 Å². The number of hydrogen-bond acceptors (Lipinski definition) is 5. The molecule has 2 rings (SSSR count). The number of H-pyrrole nitrogens is 1. The van der Waals surface area contributed by atoms with E-state index < -0.39 is 4.92 Å². The minimum Gasteiger partial charge on any atom is -0.430 e. The zero-order valence-electron chi connectivity index (χ0n) is 10.0. The van der Waals surface area contributed by atoms with Gasteiger partial charge in [0.25, 0.3) is 5.56 Å². The van der Waals surface area contributed by atoms with Gasteiger partial charge in [0.15, 0.2) is 0 Å². The minimum atomic E-state index is -0.548. The fourth-order valence-corrected chi connectivity index (χ4v) is 2.48. The van der Waals surface area contributed by atoms with E-state index >= 15 is 0 Å². The second kappa shape index (κ2) is 5.87. The molecular weight excluding hydrogens is 445 g/mol. The van der Waals surface area contributed by atoms with Crippen LogP contribution in [-0.2, 0) is 0 Å². The van der Waals surface area contributed by atoms with Crippen molar-refractivity contribution in [2.75, 3.05) is 0 Å². The summed E-state index contributed by atoms with van der Waals surface area (Å²) < 4.78 is 6.26. The molecule has 0 radical (unpaired) electrons. The number of nitrogens with zero attached hydrogens (tertiary/aromatic N) is 2. The molecule has 0 bridgehead atoms. The average molecular weight is 452 g/mol. The number of aryl methyl sites for hydroxylation is 1. The second-order valence-corrected chi connectivity index (χ2v) is 5.78. The molecule has 1 aromatic heterocycles. The molecule has 2 aromatic rings. The lowest BCUT2D eigenvalue weighted by Crippen LogP contribution is -2.11. The van der Waals surface area contributed by atoms with Gasteiger partial charge in [-0.05, 0) is 35.6 Å². The molecule has 104 valence electrons. The Bertz CT molecular complexity index is 747. The molecule has 0 fully saturated rings. The first-order valence-electron chi connectivity index (χ1n) is 5.25. The maximum atomic E-state index is 11.5. The molecule has 0 aliphatic rings. The van der Waals surface area contributed by atoms with Gasteiger partial charge >= 0.3 is 5.69 Å². The van der Waals surface area contributed by atoms with E-state index in [4.69, 9.17) is 4.74 Å². The smallest absolute Gasteiger partial charge is 0.313 e. The summed E-state index contributed by atoms with van der Waals surface area (Å²) in [5, 5.41) is 11.1. The molecule has 0 saturated carbocycles. The quantitative estimate of drug-likeness (QED) is 0.439. The third kappa shape index (κ3) is 2.98. The Balaban J connectivity index is 2.56. The zero-order valence-corrected chi connectivity index (χ0v) is 13.8. The Morgan fingerprint density at radius 1 is 1.50 bits per heavy atom. The first kappa shape index (κ1) is 14.9. The lowest BCUT2D eigenvalue weighted by atomic mass is 10.2. The van der Waals surface area contributed by atoms with Gasteiger partial charge in [0, 0.05) is 16.1 Å². The van der Waals surface area contributed by atoms with E-state index in [9.17, 15) is 14.9 Å². The van der Waals surface area contributed by atoms with Crippen LogP contribution in [-0.4, -0.2) is 14.9 Å². The second-order valence-electron chi connectivity index (χ2n) is 3.78. The Morgan fingerprint density at radius 3 is 2.85 bits per heavy atom. The Kier molecular flexibility index (Phi) is 4.38. The summed E-state index contributed by atoms with van der Waals surface area (Å²) >= 11 is 4.96. The summed E-state index contributed by atoms with van der Waals surface area (Å²) in [6, 6.07) is 3.02. The summed E-state index contributed by atoms with van der Waals surface area (Å²) in [4.78, 5) is 28.3. The predicted molar refractivity (Wildman–Crippen MR) is 83.2 cm³/mol. The molecule has 0 aliphatic heterocycles. The fourth-order valence-electron chi connectivity index (χ4n) is 1.52. The van der Waals surface area contributed by atoms with E-state index in [1.165, 1.54) is 12.4 Å². The van der Waals surface area contributed by atoms with Crippen molar-refractivity contribution in [3.8, 4) is 11.6 Å². The standard InChI is InChI=1S/C11H7BrIN3O4/c1-5-2-6(12)3-7(16(18)19)9(5)20-11-8(13)10(17)14-4-15-11/h2-4H,1H3,(H,14,15,17). The van der Waals surface area contributed by atoms with E-state index in [1.54, 1.807) is 35.6 Å². The fraction of sp³-hybridized carbons (Fsp3) is 0.0909. The van der Waals surface area contributed by atoms with E-state index in [2.05, 4.69) is 25.9 Å². The number of halogens is 2. The molecular formula is C11H7BrIN3O4. The molecule has 1 heterocycles. The lowest BCUT2D eigenvalue weighted by Gasteiger charge is -2.09. The van der Waals surface area contributed by atoms with Gasteiger partial charge < -0.3 is 9.72 Å². The number of nitro groups is 1. The highest BCUT2D eigenvalue weighted by Crippen LogP contribution is 2.37. The highest BCUT2D eigenvalue weighted by Gasteiger charge is 2.21. The number of nitrogens with one attached hydrogen (secondary N) is 1. The molecule has 0 unspecified atom stereocenters. The predicted octanol–water partition coefficient (Wildman–Crippen LogP) is 3.15. The number of nitro benzene ring substituents is 1. The molecule has 20 heavy (non-hydrogen) atoms.